The molecule has 9 heteroatoms. The molecule has 1 aliphatic rings. The first kappa shape index (κ1) is 20.1. The molecule has 0 saturated carbocycles. The molecular weight excluding hydrogens is 424 g/mol. The molecule has 3 aromatic rings. The first-order valence-electron chi connectivity index (χ1n) is 9.32. The fourth-order valence-electron chi connectivity index (χ4n) is 3.24. The van der Waals surface area contributed by atoms with Crippen molar-refractivity contribution in [2.75, 3.05) is 16.8 Å². The van der Waals surface area contributed by atoms with Crippen molar-refractivity contribution in [3.05, 3.63) is 52.2 Å². The number of hydrogen-bond acceptors (Lipinski definition) is 7. The van der Waals surface area contributed by atoms with Crippen molar-refractivity contribution in [2.24, 2.45) is 5.92 Å². The fourth-order valence-corrected chi connectivity index (χ4v) is 5.77. The van der Waals surface area contributed by atoms with E-state index in [1.165, 1.54) is 16.2 Å². The minimum Gasteiger partial charge on any atom is -0.311 e. The maximum absolute atomic E-state index is 12.7. The summed E-state index contributed by atoms with van der Waals surface area (Å²) in [5.41, 5.74) is 2.01. The number of thioether (sulfide) groups is 1. The summed E-state index contributed by atoms with van der Waals surface area (Å²) in [6.45, 7) is 2.45. The highest BCUT2D eigenvalue weighted by molar-refractivity contribution is 8.00. The molecule has 150 valence electrons. The van der Waals surface area contributed by atoms with Crippen LogP contribution in [-0.2, 0) is 21.8 Å². The lowest BCUT2D eigenvalue weighted by Crippen LogP contribution is -2.28. The van der Waals surface area contributed by atoms with Gasteiger partial charge < -0.3 is 10.2 Å². The number of nitrogens with zero attached hydrogens (tertiary/aromatic N) is 3. The van der Waals surface area contributed by atoms with Crippen molar-refractivity contribution in [2.45, 2.75) is 29.9 Å². The number of para-hydroxylation sites is 1. The molecule has 1 saturated heterocycles. The Balaban J connectivity index is 1.36. The van der Waals surface area contributed by atoms with Crippen LogP contribution in [0.3, 0.4) is 0 Å². The van der Waals surface area contributed by atoms with Gasteiger partial charge in [0, 0.05) is 29.3 Å². The highest BCUT2D eigenvalue weighted by atomic mass is 32.2. The molecular formula is C20H20N4O2S3. The summed E-state index contributed by atoms with van der Waals surface area (Å²) >= 11 is 4.67. The van der Waals surface area contributed by atoms with Crippen molar-refractivity contribution in [1.29, 1.82) is 0 Å². The Morgan fingerprint density at radius 2 is 2.14 bits per heavy atom. The Hall–Kier alpha value is -2.23. The van der Waals surface area contributed by atoms with Crippen LogP contribution in [0.2, 0.25) is 0 Å². The number of nitrogens with one attached hydrogen (secondary N) is 1. The van der Waals surface area contributed by atoms with Crippen molar-refractivity contribution in [1.82, 2.24) is 10.2 Å². The first-order chi connectivity index (χ1) is 14.1. The molecule has 2 aromatic heterocycles. The van der Waals surface area contributed by atoms with E-state index >= 15 is 0 Å². The van der Waals surface area contributed by atoms with E-state index in [1.807, 2.05) is 35.7 Å². The van der Waals surface area contributed by atoms with E-state index in [0.717, 1.165) is 27.8 Å². The van der Waals surface area contributed by atoms with Crippen LogP contribution < -0.4 is 10.2 Å². The summed E-state index contributed by atoms with van der Waals surface area (Å²) in [5, 5.41) is 13.6. The predicted molar refractivity (Wildman–Crippen MR) is 119 cm³/mol. The van der Waals surface area contributed by atoms with Gasteiger partial charge in [-0.3, -0.25) is 9.59 Å². The monoisotopic (exact) mass is 444 g/mol. The number of anilines is 2. The van der Waals surface area contributed by atoms with Gasteiger partial charge in [-0.15, -0.1) is 21.5 Å². The second-order valence-electron chi connectivity index (χ2n) is 6.62. The molecule has 1 aliphatic heterocycles. The Kier molecular flexibility index (Phi) is 6.27. The number of benzene rings is 1. The molecule has 29 heavy (non-hydrogen) atoms. The minimum absolute atomic E-state index is 0.0180. The third-order valence-corrected chi connectivity index (χ3v) is 7.79. The normalized spacial score (nSPS) is 16.4. The van der Waals surface area contributed by atoms with Crippen LogP contribution in [0.5, 0.6) is 0 Å². The zero-order valence-corrected chi connectivity index (χ0v) is 18.3. The van der Waals surface area contributed by atoms with Gasteiger partial charge in [-0.2, -0.15) is 0 Å². The van der Waals surface area contributed by atoms with Gasteiger partial charge in [0.2, 0.25) is 16.9 Å². The molecule has 0 radical (unpaired) electrons. The van der Waals surface area contributed by atoms with Crippen LogP contribution in [0, 0.1) is 5.92 Å². The number of amides is 2. The predicted octanol–water partition coefficient (Wildman–Crippen LogP) is 4.45. The van der Waals surface area contributed by atoms with Gasteiger partial charge >= 0.3 is 0 Å². The molecule has 1 N–H and O–H groups in total. The summed E-state index contributed by atoms with van der Waals surface area (Å²) in [4.78, 5) is 28.2. The Labute approximate surface area is 181 Å². The molecule has 6 nitrogen and oxygen atoms in total. The highest BCUT2D eigenvalue weighted by Crippen LogP contribution is 2.31. The van der Waals surface area contributed by atoms with Gasteiger partial charge in [0.15, 0.2) is 4.34 Å². The van der Waals surface area contributed by atoms with Gasteiger partial charge in [-0.05, 0) is 29.5 Å². The average molecular weight is 445 g/mol. The van der Waals surface area contributed by atoms with Crippen LogP contribution >= 0.6 is 34.4 Å². The third-order valence-electron chi connectivity index (χ3n) is 4.71. The van der Waals surface area contributed by atoms with E-state index < -0.39 is 5.92 Å². The molecule has 1 aromatic carbocycles. The van der Waals surface area contributed by atoms with Crippen LogP contribution in [0.1, 0.15) is 23.8 Å². The van der Waals surface area contributed by atoms with Gasteiger partial charge in [-0.1, -0.05) is 54.3 Å². The van der Waals surface area contributed by atoms with Crippen molar-refractivity contribution in [3.8, 4) is 0 Å². The number of aromatic nitrogens is 2. The summed E-state index contributed by atoms with van der Waals surface area (Å²) in [7, 11) is 0. The molecule has 0 aliphatic carbocycles. The highest BCUT2D eigenvalue weighted by Gasteiger charge is 2.36. The van der Waals surface area contributed by atoms with E-state index in [4.69, 9.17) is 0 Å². The van der Waals surface area contributed by atoms with Gasteiger partial charge in [0.05, 0.1) is 5.92 Å². The molecule has 1 unspecified atom stereocenters. The van der Waals surface area contributed by atoms with E-state index in [0.29, 0.717) is 11.7 Å². The zero-order chi connectivity index (χ0) is 20.2. The standard InChI is InChI=1S/C20H20N4O2S3/c1-2-13-6-3-4-8-16(13)24-11-14(10-17(24)25)18(26)21-19-22-23-20(29-19)28-12-15-7-5-9-27-15/h3-9,14H,2,10-12H2,1H3,(H,21,22,26). The van der Waals surface area contributed by atoms with E-state index in [-0.39, 0.29) is 18.2 Å². The van der Waals surface area contributed by atoms with Crippen LogP contribution in [0.25, 0.3) is 0 Å². The van der Waals surface area contributed by atoms with Gasteiger partial charge in [0.1, 0.15) is 0 Å². The number of carbonyl (C=O) groups is 2. The van der Waals surface area contributed by atoms with Crippen LogP contribution in [-0.4, -0.2) is 28.6 Å². The molecule has 4 rings (SSSR count). The van der Waals surface area contributed by atoms with Gasteiger partial charge in [0.25, 0.3) is 0 Å². The number of thiophene rings is 1. The lowest BCUT2D eigenvalue weighted by molar-refractivity contribution is -0.122. The topological polar surface area (TPSA) is 75.2 Å². The molecule has 1 atom stereocenters. The Morgan fingerprint density at radius 1 is 1.28 bits per heavy atom. The maximum Gasteiger partial charge on any atom is 0.231 e. The van der Waals surface area contributed by atoms with Crippen molar-refractivity contribution < 1.29 is 9.59 Å². The molecule has 1 fully saturated rings. The van der Waals surface area contributed by atoms with E-state index in [9.17, 15) is 9.59 Å². The van der Waals surface area contributed by atoms with Crippen LogP contribution in [0.4, 0.5) is 10.8 Å². The smallest absolute Gasteiger partial charge is 0.231 e. The van der Waals surface area contributed by atoms with Crippen LogP contribution in [0.15, 0.2) is 46.1 Å². The number of carbonyl (C=O) groups excluding carboxylic acids is 2. The molecule has 3 heterocycles. The summed E-state index contributed by atoms with van der Waals surface area (Å²) < 4.78 is 0.815. The largest absolute Gasteiger partial charge is 0.311 e. The quantitative estimate of drug-likeness (QED) is 0.431. The summed E-state index contributed by atoms with van der Waals surface area (Å²) in [5.74, 6) is 0.248. The van der Waals surface area contributed by atoms with Gasteiger partial charge in [-0.25, -0.2) is 0 Å². The minimum atomic E-state index is -0.390. The van der Waals surface area contributed by atoms with Crippen molar-refractivity contribution >= 4 is 57.1 Å². The Morgan fingerprint density at radius 3 is 2.93 bits per heavy atom. The fraction of sp³-hybridized carbons (Fsp3) is 0.300. The van der Waals surface area contributed by atoms with E-state index in [2.05, 4.69) is 28.5 Å². The number of aryl methyl sites for hydroxylation is 1. The SMILES string of the molecule is CCc1ccccc1N1CC(C(=O)Nc2nnc(SCc3cccs3)s2)CC1=O. The maximum atomic E-state index is 12.7. The summed E-state index contributed by atoms with van der Waals surface area (Å²) in [6, 6.07) is 12.0. The molecule has 0 bridgehead atoms. The summed E-state index contributed by atoms with van der Waals surface area (Å²) in [6.07, 6.45) is 1.05. The molecule has 0 spiro atoms. The van der Waals surface area contributed by atoms with E-state index in [1.54, 1.807) is 28.0 Å². The lowest BCUT2D eigenvalue weighted by atomic mass is 10.1. The lowest BCUT2D eigenvalue weighted by Gasteiger charge is -2.19. The second kappa shape index (κ2) is 9.06. The van der Waals surface area contributed by atoms with Crippen molar-refractivity contribution in [3.63, 3.8) is 0 Å². The Bertz CT molecular complexity index is 1000. The average Bonchev–Trinajstić information content (AvgIpc) is 3.47. The first-order valence-corrected chi connectivity index (χ1v) is 12.0. The third kappa shape index (κ3) is 4.68. The zero-order valence-electron chi connectivity index (χ0n) is 15.8. The number of rotatable bonds is 7. The second-order valence-corrected chi connectivity index (χ2v) is 9.85. The molecule has 2 amide bonds. The number of hydrogen-bond donors (Lipinski definition) is 1.